The first-order chi connectivity index (χ1) is 9.65. The van der Waals surface area contributed by atoms with E-state index in [-0.39, 0.29) is 6.04 Å². The SMILES string of the molecule is CCNC(c1cncc(Br)c1)c1cc(C)ccc1OC. The van der Waals surface area contributed by atoms with Crippen LogP contribution >= 0.6 is 15.9 Å². The van der Waals surface area contributed by atoms with Crippen LogP contribution in [0.15, 0.2) is 41.1 Å². The molecular formula is C16H19BrN2O. The Morgan fingerprint density at radius 1 is 1.30 bits per heavy atom. The van der Waals surface area contributed by atoms with E-state index in [1.165, 1.54) is 5.56 Å². The molecule has 0 bridgehead atoms. The van der Waals surface area contributed by atoms with Gasteiger partial charge in [-0.2, -0.15) is 0 Å². The summed E-state index contributed by atoms with van der Waals surface area (Å²) in [5.41, 5.74) is 3.46. The predicted molar refractivity (Wildman–Crippen MR) is 85.2 cm³/mol. The molecule has 0 aliphatic heterocycles. The zero-order valence-corrected chi connectivity index (χ0v) is 13.6. The number of aryl methyl sites for hydroxylation is 1. The summed E-state index contributed by atoms with van der Waals surface area (Å²) in [7, 11) is 1.70. The van der Waals surface area contributed by atoms with Crippen LogP contribution in [0.5, 0.6) is 5.75 Å². The van der Waals surface area contributed by atoms with Crippen LogP contribution in [0.1, 0.15) is 29.7 Å². The number of pyridine rings is 1. The number of rotatable bonds is 5. The molecule has 106 valence electrons. The highest BCUT2D eigenvalue weighted by molar-refractivity contribution is 9.10. The Labute approximate surface area is 128 Å². The molecule has 1 heterocycles. The van der Waals surface area contributed by atoms with Crippen molar-refractivity contribution in [3.63, 3.8) is 0 Å². The van der Waals surface area contributed by atoms with Crippen LogP contribution in [0.3, 0.4) is 0 Å². The molecule has 1 aromatic carbocycles. The van der Waals surface area contributed by atoms with Crippen LogP contribution < -0.4 is 10.1 Å². The van der Waals surface area contributed by atoms with Gasteiger partial charge in [0.05, 0.1) is 13.2 Å². The Morgan fingerprint density at radius 2 is 2.10 bits per heavy atom. The van der Waals surface area contributed by atoms with E-state index in [2.05, 4.69) is 58.3 Å². The van der Waals surface area contributed by atoms with Gasteiger partial charge >= 0.3 is 0 Å². The molecule has 1 unspecified atom stereocenters. The third-order valence-electron chi connectivity index (χ3n) is 3.16. The average Bonchev–Trinajstić information content (AvgIpc) is 2.44. The minimum atomic E-state index is 0.0693. The molecule has 1 aromatic heterocycles. The second-order valence-electron chi connectivity index (χ2n) is 4.67. The highest BCUT2D eigenvalue weighted by Gasteiger charge is 2.18. The molecule has 0 amide bonds. The summed E-state index contributed by atoms with van der Waals surface area (Å²) in [6.07, 6.45) is 3.68. The summed E-state index contributed by atoms with van der Waals surface area (Å²) < 4.78 is 6.48. The number of nitrogens with zero attached hydrogens (tertiary/aromatic N) is 1. The molecular weight excluding hydrogens is 316 g/mol. The highest BCUT2D eigenvalue weighted by Crippen LogP contribution is 2.31. The van der Waals surface area contributed by atoms with E-state index < -0.39 is 0 Å². The molecule has 1 atom stereocenters. The van der Waals surface area contributed by atoms with Gasteiger partial charge in [0.1, 0.15) is 5.75 Å². The first-order valence-electron chi connectivity index (χ1n) is 6.64. The number of hydrogen-bond donors (Lipinski definition) is 1. The standard InChI is InChI=1S/C16H19BrN2O/c1-4-19-16(12-8-13(17)10-18-9-12)14-7-11(2)5-6-15(14)20-3/h5-10,16,19H,4H2,1-3H3. The fourth-order valence-electron chi connectivity index (χ4n) is 2.28. The summed E-state index contributed by atoms with van der Waals surface area (Å²) in [5.74, 6) is 0.890. The zero-order chi connectivity index (χ0) is 14.5. The number of hydrogen-bond acceptors (Lipinski definition) is 3. The van der Waals surface area contributed by atoms with Crippen molar-refractivity contribution in [2.45, 2.75) is 19.9 Å². The van der Waals surface area contributed by atoms with Crippen molar-refractivity contribution >= 4 is 15.9 Å². The van der Waals surface area contributed by atoms with E-state index in [0.29, 0.717) is 0 Å². The van der Waals surface area contributed by atoms with Crippen LogP contribution in [-0.4, -0.2) is 18.6 Å². The van der Waals surface area contributed by atoms with Gasteiger partial charge in [0, 0.05) is 22.4 Å². The smallest absolute Gasteiger partial charge is 0.124 e. The van der Waals surface area contributed by atoms with Gasteiger partial charge in [0.2, 0.25) is 0 Å². The molecule has 0 aliphatic rings. The second kappa shape index (κ2) is 6.86. The molecule has 0 fully saturated rings. The van der Waals surface area contributed by atoms with Crippen LogP contribution in [0.2, 0.25) is 0 Å². The first-order valence-corrected chi connectivity index (χ1v) is 7.43. The lowest BCUT2D eigenvalue weighted by Gasteiger charge is -2.21. The summed E-state index contributed by atoms with van der Waals surface area (Å²) >= 11 is 3.48. The minimum absolute atomic E-state index is 0.0693. The molecule has 4 heteroatoms. The molecule has 0 saturated heterocycles. The average molecular weight is 335 g/mol. The van der Waals surface area contributed by atoms with Crippen LogP contribution in [-0.2, 0) is 0 Å². The molecule has 0 radical (unpaired) electrons. The molecule has 2 rings (SSSR count). The molecule has 0 saturated carbocycles. The van der Waals surface area contributed by atoms with Gasteiger partial charge < -0.3 is 10.1 Å². The number of halogens is 1. The Hall–Kier alpha value is -1.39. The summed E-state index contributed by atoms with van der Waals surface area (Å²) in [4.78, 5) is 4.26. The predicted octanol–water partition coefficient (Wildman–Crippen LogP) is 3.86. The summed E-state index contributed by atoms with van der Waals surface area (Å²) in [6, 6.07) is 8.39. The molecule has 20 heavy (non-hydrogen) atoms. The van der Waals surface area contributed by atoms with Crippen LogP contribution in [0.25, 0.3) is 0 Å². The van der Waals surface area contributed by atoms with Crippen molar-refractivity contribution in [3.05, 3.63) is 57.8 Å². The molecule has 3 nitrogen and oxygen atoms in total. The van der Waals surface area contributed by atoms with Gasteiger partial charge in [-0.1, -0.05) is 24.6 Å². The lowest BCUT2D eigenvalue weighted by atomic mass is 9.97. The highest BCUT2D eigenvalue weighted by atomic mass is 79.9. The third-order valence-corrected chi connectivity index (χ3v) is 3.60. The van der Waals surface area contributed by atoms with Gasteiger partial charge in [-0.05, 0) is 47.1 Å². The van der Waals surface area contributed by atoms with Crippen molar-refractivity contribution in [1.29, 1.82) is 0 Å². The lowest BCUT2D eigenvalue weighted by molar-refractivity contribution is 0.404. The number of methoxy groups -OCH3 is 1. The first kappa shape index (κ1) is 15.0. The maximum absolute atomic E-state index is 5.51. The van der Waals surface area contributed by atoms with E-state index in [1.807, 2.05) is 12.3 Å². The van der Waals surface area contributed by atoms with Crippen molar-refractivity contribution in [1.82, 2.24) is 10.3 Å². The van der Waals surface area contributed by atoms with E-state index in [1.54, 1.807) is 13.3 Å². The zero-order valence-electron chi connectivity index (χ0n) is 12.0. The third kappa shape index (κ3) is 3.38. The van der Waals surface area contributed by atoms with Crippen molar-refractivity contribution in [3.8, 4) is 5.75 Å². The molecule has 2 aromatic rings. The number of ether oxygens (including phenoxy) is 1. The fourth-order valence-corrected chi connectivity index (χ4v) is 2.66. The topological polar surface area (TPSA) is 34.2 Å². The van der Waals surface area contributed by atoms with Crippen LogP contribution in [0, 0.1) is 6.92 Å². The monoisotopic (exact) mass is 334 g/mol. The maximum Gasteiger partial charge on any atom is 0.124 e. The van der Waals surface area contributed by atoms with E-state index in [0.717, 1.165) is 27.9 Å². The number of nitrogens with one attached hydrogen (secondary N) is 1. The normalized spacial score (nSPS) is 12.2. The molecule has 0 aliphatic carbocycles. The van der Waals surface area contributed by atoms with Gasteiger partial charge in [0.15, 0.2) is 0 Å². The fraction of sp³-hybridized carbons (Fsp3) is 0.312. The minimum Gasteiger partial charge on any atom is -0.496 e. The lowest BCUT2D eigenvalue weighted by Crippen LogP contribution is -2.22. The van der Waals surface area contributed by atoms with Crippen molar-refractivity contribution in [2.24, 2.45) is 0 Å². The van der Waals surface area contributed by atoms with Gasteiger partial charge in [0.25, 0.3) is 0 Å². The van der Waals surface area contributed by atoms with Crippen LogP contribution in [0.4, 0.5) is 0 Å². The van der Waals surface area contributed by atoms with E-state index >= 15 is 0 Å². The van der Waals surface area contributed by atoms with Crippen molar-refractivity contribution in [2.75, 3.05) is 13.7 Å². The van der Waals surface area contributed by atoms with Gasteiger partial charge in [-0.3, -0.25) is 4.98 Å². The summed E-state index contributed by atoms with van der Waals surface area (Å²) in [6.45, 7) is 5.06. The van der Waals surface area contributed by atoms with E-state index in [9.17, 15) is 0 Å². The van der Waals surface area contributed by atoms with E-state index in [4.69, 9.17) is 4.74 Å². The quantitative estimate of drug-likeness (QED) is 0.901. The molecule has 0 spiro atoms. The Bertz CT molecular complexity index is 586. The van der Waals surface area contributed by atoms with Gasteiger partial charge in [-0.15, -0.1) is 0 Å². The maximum atomic E-state index is 5.51. The largest absolute Gasteiger partial charge is 0.496 e. The Morgan fingerprint density at radius 3 is 2.75 bits per heavy atom. The molecule has 1 N–H and O–H groups in total. The summed E-state index contributed by atoms with van der Waals surface area (Å²) in [5, 5.41) is 3.50. The van der Waals surface area contributed by atoms with Crippen molar-refractivity contribution < 1.29 is 4.74 Å². The number of aromatic nitrogens is 1. The van der Waals surface area contributed by atoms with Gasteiger partial charge in [-0.25, -0.2) is 0 Å². The Balaban J connectivity index is 2.50. The second-order valence-corrected chi connectivity index (χ2v) is 5.59. The number of benzene rings is 1. The Kier molecular flexibility index (Phi) is 5.15.